The highest BCUT2D eigenvalue weighted by Crippen LogP contribution is 2.28. The number of benzene rings is 1. The van der Waals surface area contributed by atoms with Crippen LogP contribution in [0, 0.1) is 0 Å². The van der Waals surface area contributed by atoms with E-state index in [1.54, 1.807) is 19.5 Å². The van der Waals surface area contributed by atoms with Crippen LogP contribution in [0.4, 0.5) is 0 Å². The van der Waals surface area contributed by atoms with Gasteiger partial charge in [0.15, 0.2) is 0 Å². The number of H-pyrrole nitrogens is 1. The lowest BCUT2D eigenvalue weighted by Crippen LogP contribution is -1.86. The molecule has 0 atom stereocenters. The van der Waals surface area contributed by atoms with Crippen molar-refractivity contribution in [2.45, 2.75) is 0 Å². The number of methoxy groups -OCH3 is 1. The molecule has 2 aromatic heterocycles. The van der Waals surface area contributed by atoms with E-state index in [4.69, 9.17) is 4.74 Å². The summed E-state index contributed by atoms with van der Waals surface area (Å²) in [5.74, 6) is 0.821. The standard InChI is InChI=1S/C14H12N4O/c1-19-12-4-2-10(3-5-12)13-14(17-18-16-13)11-6-8-15-9-7-11/h2-9H,1H3,(H,16,17,18). The van der Waals surface area contributed by atoms with Crippen molar-refractivity contribution in [3.63, 3.8) is 0 Å². The lowest BCUT2D eigenvalue weighted by molar-refractivity contribution is 0.415. The van der Waals surface area contributed by atoms with Gasteiger partial charge in [-0.05, 0) is 36.4 Å². The van der Waals surface area contributed by atoms with Crippen LogP contribution in [0.2, 0.25) is 0 Å². The zero-order chi connectivity index (χ0) is 13.1. The summed E-state index contributed by atoms with van der Waals surface area (Å²) in [6, 6.07) is 11.6. The monoisotopic (exact) mass is 252 g/mol. The highest BCUT2D eigenvalue weighted by atomic mass is 16.5. The minimum atomic E-state index is 0.813. The van der Waals surface area contributed by atoms with Crippen molar-refractivity contribution in [1.82, 2.24) is 20.4 Å². The van der Waals surface area contributed by atoms with E-state index in [0.717, 1.165) is 28.3 Å². The Bertz CT molecular complexity index is 661. The summed E-state index contributed by atoms with van der Waals surface area (Å²) in [4.78, 5) is 4.01. The summed E-state index contributed by atoms with van der Waals surface area (Å²) < 4.78 is 5.15. The normalized spacial score (nSPS) is 10.4. The Morgan fingerprint density at radius 1 is 0.947 bits per heavy atom. The molecule has 5 heteroatoms. The van der Waals surface area contributed by atoms with Gasteiger partial charge >= 0.3 is 0 Å². The molecule has 2 heterocycles. The van der Waals surface area contributed by atoms with E-state index < -0.39 is 0 Å². The molecule has 3 aromatic rings. The molecule has 94 valence electrons. The first-order valence-corrected chi connectivity index (χ1v) is 5.84. The smallest absolute Gasteiger partial charge is 0.120 e. The molecule has 1 N–H and O–H groups in total. The number of nitrogens with zero attached hydrogens (tertiary/aromatic N) is 3. The average Bonchev–Trinajstić information content (AvgIpc) is 2.98. The van der Waals surface area contributed by atoms with Crippen molar-refractivity contribution in [2.24, 2.45) is 0 Å². The van der Waals surface area contributed by atoms with E-state index in [1.807, 2.05) is 36.4 Å². The van der Waals surface area contributed by atoms with Crippen molar-refractivity contribution in [1.29, 1.82) is 0 Å². The van der Waals surface area contributed by atoms with Crippen LogP contribution in [0.15, 0.2) is 48.8 Å². The molecule has 0 unspecified atom stereocenters. The van der Waals surface area contributed by atoms with Gasteiger partial charge in [-0.1, -0.05) is 5.21 Å². The zero-order valence-corrected chi connectivity index (χ0v) is 10.4. The number of hydrogen-bond acceptors (Lipinski definition) is 4. The highest BCUT2D eigenvalue weighted by molar-refractivity contribution is 5.77. The van der Waals surface area contributed by atoms with E-state index in [2.05, 4.69) is 20.4 Å². The summed E-state index contributed by atoms with van der Waals surface area (Å²) in [5, 5.41) is 11.0. The van der Waals surface area contributed by atoms with E-state index in [0.29, 0.717) is 0 Å². The van der Waals surface area contributed by atoms with Gasteiger partial charge in [0.05, 0.1) is 12.8 Å². The van der Waals surface area contributed by atoms with E-state index in [-0.39, 0.29) is 0 Å². The minimum absolute atomic E-state index is 0.813. The van der Waals surface area contributed by atoms with Gasteiger partial charge in [0.1, 0.15) is 11.4 Å². The average molecular weight is 252 g/mol. The Kier molecular flexibility index (Phi) is 2.94. The van der Waals surface area contributed by atoms with Crippen molar-refractivity contribution in [2.75, 3.05) is 7.11 Å². The molecule has 0 bridgehead atoms. The maximum Gasteiger partial charge on any atom is 0.120 e. The van der Waals surface area contributed by atoms with Crippen LogP contribution >= 0.6 is 0 Å². The molecule has 3 rings (SSSR count). The molecule has 0 spiro atoms. The third-order valence-electron chi connectivity index (χ3n) is 2.88. The molecular formula is C14H12N4O. The van der Waals surface area contributed by atoms with Gasteiger partial charge in [-0.2, -0.15) is 0 Å². The molecule has 1 aromatic carbocycles. The summed E-state index contributed by atoms with van der Waals surface area (Å²) in [6.45, 7) is 0. The van der Waals surface area contributed by atoms with Crippen LogP contribution in [0.5, 0.6) is 5.75 Å². The third-order valence-corrected chi connectivity index (χ3v) is 2.88. The van der Waals surface area contributed by atoms with Gasteiger partial charge in [0, 0.05) is 23.5 Å². The number of hydrogen-bond donors (Lipinski definition) is 1. The molecule has 0 aliphatic carbocycles. The molecule has 0 aliphatic heterocycles. The minimum Gasteiger partial charge on any atom is -0.497 e. The second kappa shape index (κ2) is 4.89. The van der Waals surface area contributed by atoms with Crippen LogP contribution in [0.25, 0.3) is 22.5 Å². The van der Waals surface area contributed by atoms with E-state index >= 15 is 0 Å². The molecular weight excluding hydrogens is 240 g/mol. The Morgan fingerprint density at radius 3 is 2.37 bits per heavy atom. The fourth-order valence-corrected chi connectivity index (χ4v) is 1.90. The molecule has 0 saturated heterocycles. The second-order valence-electron chi connectivity index (χ2n) is 4.00. The van der Waals surface area contributed by atoms with Crippen molar-refractivity contribution >= 4 is 0 Å². The maximum absolute atomic E-state index is 5.15. The van der Waals surface area contributed by atoms with Crippen LogP contribution in [0.1, 0.15) is 0 Å². The highest BCUT2D eigenvalue weighted by Gasteiger charge is 2.11. The number of rotatable bonds is 3. The Labute approximate surface area is 110 Å². The van der Waals surface area contributed by atoms with Gasteiger partial charge in [-0.25, -0.2) is 0 Å². The van der Waals surface area contributed by atoms with Gasteiger partial charge in [-0.15, -0.1) is 5.10 Å². The van der Waals surface area contributed by atoms with Crippen LogP contribution in [-0.4, -0.2) is 27.5 Å². The largest absolute Gasteiger partial charge is 0.497 e. The number of ether oxygens (including phenoxy) is 1. The van der Waals surface area contributed by atoms with Crippen LogP contribution in [-0.2, 0) is 0 Å². The molecule has 0 amide bonds. The quantitative estimate of drug-likeness (QED) is 0.778. The first-order valence-electron chi connectivity index (χ1n) is 5.84. The van der Waals surface area contributed by atoms with E-state index in [9.17, 15) is 0 Å². The molecule has 0 radical (unpaired) electrons. The second-order valence-corrected chi connectivity index (χ2v) is 4.00. The van der Waals surface area contributed by atoms with Gasteiger partial charge in [0.2, 0.25) is 0 Å². The SMILES string of the molecule is COc1ccc(-c2[nH]nnc2-c2ccncc2)cc1. The first-order chi connectivity index (χ1) is 9.38. The molecule has 19 heavy (non-hydrogen) atoms. The van der Waals surface area contributed by atoms with Crippen LogP contribution in [0.3, 0.4) is 0 Å². The summed E-state index contributed by atoms with van der Waals surface area (Å²) >= 11 is 0. The van der Waals surface area contributed by atoms with Crippen molar-refractivity contribution in [3.05, 3.63) is 48.8 Å². The molecule has 5 nitrogen and oxygen atoms in total. The third kappa shape index (κ3) is 2.18. The van der Waals surface area contributed by atoms with Gasteiger partial charge in [-0.3, -0.25) is 10.1 Å². The fraction of sp³-hybridized carbons (Fsp3) is 0.0714. The van der Waals surface area contributed by atoms with Gasteiger partial charge in [0.25, 0.3) is 0 Å². The predicted molar refractivity (Wildman–Crippen MR) is 71.6 cm³/mol. The Morgan fingerprint density at radius 2 is 1.68 bits per heavy atom. The number of aromatic amines is 1. The molecule has 0 aliphatic rings. The first kappa shape index (κ1) is 11.4. The number of pyridine rings is 1. The molecule has 0 fully saturated rings. The Balaban J connectivity index is 2.04. The van der Waals surface area contributed by atoms with Crippen molar-refractivity contribution < 1.29 is 4.74 Å². The fourth-order valence-electron chi connectivity index (χ4n) is 1.90. The van der Waals surface area contributed by atoms with Crippen LogP contribution < -0.4 is 4.74 Å². The number of nitrogens with one attached hydrogen (secondary N) is 1. The lowest BCUT2D eigenvalue weighted by atomic mass is 10.1. The molecule has 0 saturated carbocycles. The van der Waals surface area contributed by atoms with E-state index in [1.165, 1.54) is 0 Å². The summed E-state index contributed by atoms with van der Waals surface area (Å²) in [7, 11) is 1.65. The summed E-state index contributed by atoms with van der Waals surface area (Å²) in [6.07, 6.45) is 3.48. The number of aromatic nitrogens is 4. The zero-order valence-electron chi connectivity index (χ0n) is 10.4. The summed E-state index contributed by atoms with van der Waals surface area (Å²) in [5.41, 5.74) is 3.69. The predicted octanol–water partition coefficient (Wildman–Crippen LogP) is 2.54. The Hall–Kier alpha value is -2.69. The maximum atomic E-state index is 5.15. The van der Waals surface area contributed by atoms with Crippen molar-refractivity contribution in [3.8, 4) is 28.3 Å². The lowest BCUT2D eigenvalue weighted by Gasteiger charge is -2.03. The van der Waals surface area contributed by atoms with Gasteiger partial charge < -0.3 is 4.74 Å². The topological polar surface area (TPSA) is 63.7 Å².